The zero-order valence-corrected chi connectivity index (χ0v) is 15.8. The number of anilines is 1. The maximum absolute atomic E-state index is 6.14. The van der Waals surface area contributed by atoms with Gasteiger partial charge in [0.1, 0.15) is 5.52 Å². The lowest BCUT2D eigenvalue weighted by Crippen LogP contribution is -2.08. The first-order valence-corrected chi connectivity index (χ1v) is 8.79. The molecule has 1 aromatic carbocycles. The lowest BCUT2D eigenvalue weighted by atomic mass is 10.2. The molecule has 0 amide bonds. The quantitative estimate of drug-likeness (QED) is 0.497. The molecular weight excluding hydrogens is 397 g/mol. The lowest BCUT2D eigenvalue weighted by molar-refractivity contribution is 0.614. The van der Waals surface area contributed by atoms with E-state index in [4.69, 9.17) is 39.2 Å². The number of hydrogen-bond donors (Lipinski definition) is 1. The van der Waals surface area contributed by atoms with Crippen LogP contribution in [0.4, 0.5) is 6.01 Å². The average Bonchev–Trinajstić information content (AvgIpc) is 3.20. The van der Waals surface area contributed by atoms with Crippen molar-refractivity contribution >= 4 is 51.9 Å². The van der Waals surface area contributed by atoms with Gasteiger partial charge in [-0.05, 0) is 25.1 Å². The molecule has 0 saturated heterocycles. The highest BCUT2D eigenvalue weighted by molar-refractivity contribution is 6.38. The largest absolute Gasteiger partial charge is 0.422 e. The van der Waals surface area contributed by atoms with E-state index in [1.54, 1.807) is 29.2 Å². The highest BCUT2D eigenvalue weighted by atomic mass is 35.5. The normalized spacial score (nSPS) is 11.2. The Kier molecular flexibility index (Phi) is 4.48. The van der Waals surface area contributed by atoms with Crippen molar-refractivity contribution in [2.75, 3.05) is 5.32 Å². The van der Waals surface area contributed by atoms with Crippen LogP contribution in [-0.4, -0.2) is 19.7 Å². The first-order valence-electron chi connectivity index (χ1n) is 7.66. The Morgan fingerprint density at radius 2 is 1.96 bits per heavy atom. The molecule has 4 rings (SSSR count). The van der Waals surface area contributed by atoms with Crippen LogP contribution in [-0.2, 0) is 6.54 Å². The molecule has 0 radical (unpaired) electrons. The Hall–Kier alpha value is -2.28. The Morgan fingerprint density at radius 1 is 1.12 bits per heavy atom. The highest BCUT2D eigenvalue weighted by Crippen LogP contribution is 2.30. The molecule has 3 heterocycles. The molecule has 132 valence electrons. The number of aromatic nitrogens is 4. The van der Waals surface area contributed by atoms with Crippen molar-refractivity contribution in [3.8, 4) is 5.82 Å². The summed E-state index contributed by atoms with van der Waals surface area (Å²) in [5, 5.41) is 8.82. The van der Waals surface area contributed by atoms with Gasteiger partial charge >= 0.3 is 0 Å². The molecule has 0 unspecified atom stereocenters. The molecule has 4 aromatic rings. The van der Waals surface area contributed by atoms with Gasteiger partial charge in [0.05, 0.1) is 22.4 Å². The SMILES string of the molecule is Cc1ccc(CNc2nc3cc(Cl)cc(Cl)c3o2)c(-n2cc(Cl)cn2)n1. The average molecular weight is 409 g/mol. The van der Waals surface area contributed by atoms with Crippen LogP contribution < -0.4 is 5.32 Å². The van der Waals surface area contributed by atoms with Crippen LogP contribution in [0.15, 0.2) is 41.1 Å². The van der Waals surface area contributed by atoms with Crippen molar-refractivity contribution in [2.24, 2.45) is 0 Å². The van der Waals surface area contributed by atoms with Gasteiger partial charge in [0.2, 0.25) is 0 Å². The van der Waals surface area contributed by atoms with E-state index in [0.29, 0.717) is 44.5 Å². The van der Waals surface area contributed by atoms with Crippen LogP contribution in [0.25, 0.3) is 16.9 Å². The minimum Gasteiger partial charge on any atom is -0.422 e. The summed E-state index contributed by atoms with van der Waals surface area (Å²) in [6, 6.07) is 7.54. The standard InChI is InChI=1S/C17H12Cl3N5O/c1-9-2-3-10(16(23-9)25-8-12(19)7-22-25)6-21-17-24-14-5-11(18)4-13(20)15(14)26-17/h2-5,7-8H,6H2,1H3,(H,21,24). The molecule has 6 nitrogen and oxygen atoms in total. The van der Waals surface area contributed by atoms with Crippen LogP contribution in [0.3, 0.4) is 0 Å². The zero-order chi connectivity index (χ0) is 18.3. The third-order valence-electron chi connectivity index (χ3n) is 3.70. The van der Waals surface area contributed by atoms with Crippen LogP contribution in [0.2, 0.25) is 15.1 Å². The highest BCUT2D eigenvalue weighted by Gasteiger charge is 2.13. The van der Waals surface area contributed by atoms with Crippen molar-refractivity contribution in [3.63, 3.8) is 0 Å². The number of aryl methyl sites for hydroxylation is 1. The summed E-state index contributed by atoms with van der Waals surface area (Å²) < 4.78 is 7.31. The van der Waals surface area contributed by atoms with Crippen molar-refractivity contribution in [3.05, 3.63) is 63.0 Å². The Labute approximate surface area is 163 Å². The maximum atomic E-state index is 6.14. The van der Waals surface area contributed by atoms with E-state index in [0.717, 1.165) is 11.3 Å². The van der Waals surface area contributed by atoms with E-state index < -0.39 is 0 Å². The summed E-state index contributed by atoms with van der Waals surface area (Å²) in [4.78, 5) is 8.91. The van der Waals surface area contributed by atoms with Crippen molar-refractivity contribution < 1.29 is 4.42 Å². The smallest absolute Gasteiger partial charge is 0.296 e. The minimum absolute atomic E-state index is 0.342. The maximum Gasteiger partial charge on any atom is 0.296 e. The van der Waals surface area contributed by atoms with E-state index in [2.05, 4.69) is 20.4 Å². The van der Waals surface area contributed by atoms with Crippen molar-refractivity contribution in [2.45, 2.75) is 13.5 Å². The van der Waals surface area contributed by atoms with Gasteiger partial charge in [-0.2, -0.15) is 10.1 Å². The molecule has 0 aliphatic rings. The first-order chi connectivity index (χ1) is 12.5. The van der Waals surface area contributed by atoms with Gasteiger partial charge in [-0.25, -0.2) is 9.67 Å². The Morgan fingerprint density at radius 3 is 2.73 bits per heavy atom. The zero-order valence-electron chi connectivity index (χ0n) is 13.5. The number of nitrogens with one attached hydrogen (secondary N) is 1. The number of nitrogens with zero attached hydrogens (tertiary/aromatic N) is 4. The molecule has 3 aromatic heterocycles. The fraction of sp³-hybridized carbons (Fsp3) is 0.118. The second-order valence-corrected chi connectivity index (χ2v) is 6.93. The van der Waals surface area contributed by atoms with Crippen LogP contribution >= 0.6 is 34.8 Å². The van der Waals surface area contributed by atoms with Gasteiger partial charge in [0.15, 0.2) is 11.4 Å². The second-order valence-electron chi connectivity index (χ2n) is 5.65. The van der Waals surface area contributed by atoms with Gasteiger partial charge in [0.25, 0.3) is 6.01 Å². The van der Waals surface area contributed by atoms with Crippen molar-refractivity contribution in [1.82, 2.24) is 19.7 Å². The van der Waals surface area contributed by atoms with E-state index in [1.807, 2.05) is 19.1 Å². The van der Waals surface area contributed by atoms with E-state index in [-0.39, 0.29) is 0 Å². The number of fused-ring (bicyclic) bond motifs is 1. The Balaban J connectivity index is 1.63. The first kappa shape index (κ1) is 17.1. The lowest BCUT2D eigenvalue weighted by Gasteiger charge is -2.09. The fourth-order valence-electron chi connectivity index (χ4n) is 2.53. The van der Waals surface area contributed by atoms with Crippen LogP contribution in [0, 0.1) is 6.92 Å². The van der Waals surface area contributed by atoms with Crippen molar-refractivity contribution in [1.29, 1.82) is 0 Å². The van der Waals surface area contributed by atoms with E-state index >= 15 is 0 Å². The minimum atomic E-state index is 0.342. The van der Waals surface area contributed by atoms with Gasteiger partial charge < -0.3 is 9.73 Å². The van der Waals surface area contributed by atoms with Gasteiger partial charge in [-0.3, -0.25) is 0 Å². The molecule has 0 spiro atoms. The van der Waals surface area contributed by atoms with Gasteiger partial charge in [-0.15, -0.1) is 0 Å². The predicted molar refractivity (Wildman–Crippen MR) is 102 cm³/mol. The monoisotopic (exact) mass is 407 g/mol. The number of pyridine rings is 1. The number of halogens is 3. The third kappa shape index (κ3) is 3.35. The summed E-state index contributed by atoms with van der Waals surface area (Å²) in [5.41, 5.74) is 2.85. The fourth-order valence-corrected chi connectivity index (χ4v) is 3.19. The summed E-state index contributed by atoms with van der Waals surface area (Å²) in [5.74, 6) is 0.682. The summed E-state index contributed by atoms with van der Waals surface area (Å²) in [6.45, 7) is 2.34. The molecule has 0 fully saturated rings. The molecule has 0 aliphatic heterocycles. The van der Waals surface area contributed by atoms with Gasteiger partial charge in [0, 0.05) is 22.8 Å². The number of rotatable bonds is 4. The van der Waals surface area contributed by atoms with E-state index in [1.165, 1.54) is 0 Å². The molecule has 0 atom stereocenters. The van der Waals surface area contributed by atoms with E-state index in [9.17, 15) is 0 Å². The molecule has 1 N–H and O–H groups in total. The molecular formula is C17H12Cl3N5O. The topological polar surface area (TPSA) is 68.8 Å². The molecule has 26 heavy (non-hydrogen) atoms. The van der Waals surface area contributed by atoms with Crippen LogP contribution in [0.1, 0.15) is 11.3 Å². The molecule has 0 aliphatic carbocycles. The molecule has 9 heteroatoms. The molecule has 0 saturated carbocycles. The van der Waals surface area contributed by atoms with Crippen LogP contribution in [0.5, 0.6) is 0 Å². The number of hydrogen-bond acceptors (Lipinski definition) is 5. The van der Waals surface area contributed by atoms with Gasteiger partial charge in [-0.1, -0.05) is 40.9 Å². The third-order valence-corrected chi connectivity index (χ3v) is 4.40. The Bertz CT molecular complexity index is 1110. The number of oxazole rings is 1. The summed E-state index contributed by atoms with van der Waals surface area (Å²) in [7, 11) is 0. The summed E-state index contributed by atoms with van der Waals surface area (Å²) >= 11 is 18.1. The predicted octanol–water partition coefficient (Wildman–Crippen LogP) is 5.29. The second kappa shape index (κ2) is 6.79. The number of benzene rings is 1. The summed E-state index contributed by atoms with van der Waals surface area (Å²) in [6.07, 6.45) is 3.27. The molecule has 0 bridgehead atoms.